The second-order valence-electron chi connectivity index (χ2n) is 3.82. The molecule has 0 spiro atoms. The van der Waals surface area contributed by atoms with Gasteiger partial charge in [0.25, 0.3) is 0 Å². The van der Waals surface area contributed by atoms with E-state index in [0.29, 0.717) is 0 Å². The molecule has 0 amide bonds. The summed E-state index contributed by atoms with van der Waals surface area (Å²) in [7, 11) is -3.68. The van der Waals surface area contributed by atoms with Gasteiger partial charge in [-0.15, -0.1) is 0 Å². The molecule has 0 aromatic carbocycles. The zero-order valence-electron chi connectivity index (χ0n) is 11.5. The molecule has 0 aliphatic heterocycles. The Morgan fingerprint density at radius 3 is 1.75 bits per heavy atom. The van der Waals surface area contributed by atoms with Crippen molar-refractivity contribution >= 4 is 9.84 Å². The number of hydrogen-bond donors (Lipinski definition) is 2. The largest absolute Gasteiger partial charge is 0.399 e. The summed E-state index contributed by atoms with van der Waals surface area (Å²) in [6.45, 7) is 12.1. The molecule has 0 atom stereocenters. The van der Waals surface area contributed by atoms with E-state index in [0.717, 1.165) is 0 Å². The average molecular weight is 292 g/mol. The van der Waals surface area contributed by atoms with E-state index in [1.807, 2.05) is 0 Å². The van der Waals surface area contributed by atoms with Crippen LogP contribution in [0.5, 0.6) is 0 Å². The van der Waals surface area contributed by atoms with E-state index in [2.05, 4.69) is 19.7 Å². The minimum atomic E-state index is -3.68. The fraction of sp³-hybridized carbons (Fsp3) is 0.0667. The quantitative estimate of drug-likeness (QED) is 0.706. The van der Waals surface area contributed by atoms with Crippen LogP contribution in [0.15, 0.2) is 83.5 Å². The van der Waals surface area contributed by atoms with E-state index in [1.165, 1.54) is 42.5 Å². The molecule has 0 fully saturated rings. The summed E-state index contributed by atoms with van der Waals surface area (Å²) in [5.74, 6) is 0. The summed E-state index contributed by atoms with van der Waals surface area (Å²) >= 11 is 0. The molecule has 108 valence electrons. The number of allylic oxidation sites excluding steroid dienone is 7. The monoisotopic (exact) mass is 292 g/mol. The molecule has 4 N–H and O–H groups in total. The Balaban J connectivity index is 5.76. The van der Waals surface area contributed by atoms with Crippen molar-refractivity contribution in [1.82, 2.24) is 0 Å². The van der Waals surface area contributed by atoms with Gasteiger partial charge in [-0.05, 0) is 37.3 Å². The highest BCUT2D eigenvalue weighted by Gasteiger charge is 2.18. The molecule has 0 saturated heterocycles. The fourth-order valence-corrected chi connectivity index (χ4v) is 2.56. The second-order valence-corrected chi connectivity index (χ2v) is 5.77. The van der Waals surface area contributed by atoms with Crippen molar-refractivity contribution in [2.45, 2.75) is 6.92 Å². The van der Waals surface area contributed by atoms with Crippen molar-refractivity contribution in [2.24, 2.45) is 11.5 Å². The highest BCUT2D eigenvalue weighted by molar-refractivity contribution is 7.99. The smallest absolute Gasteiger partial charge is 0.206 e. The van der Waals surface area contributed by atoms with E-state index in [9.17, 15) is 8.42 Å². The number of nitrogens with two attached hydrogens (primary N) is 2. The Morgan fingerprint density at radius 1 is 0.950 bits per heavy atom. The minimum absolute atomic E-state index is 0.0551. The maximum atomic E-state index is 12.4. The molecule has 0 radical (unpaired) electrons. The maximum Gasteiger partial charge on any atom is 0.206 e. The third-order valence-electron chi connectivity index (χ3n) is 2.11. The van der Waals surface area contributed by atoms with Gasteiger partial charge in [-0.25, -0.2) is 8.42 Å². The van der Waals surface area contributed by atoms with Crippen LogP contribution in [0.25, 0.3) is 0 Å². The molecule has 0 bridgehead atoms. The molecule has 0 heterocycles. The first-order valence-electron chi connectivity index (χ1n) is 5.74. The second kappa shape index (κ2) is 8.01. The highest BCUT2D eigenvalue weighted by Crippen LogP contribution is 2.20. The first-order valence-corrected chi connectivity index (χ1v) is 7.23. The molecule has 4 nitrogen and oxygen atoms in total. The molecular weight excluding hydrogens is 272 g/mol. The van der Waals surface area contributed by atoms with Crippen LogP contribution in [-0.2, 0) is 9.84 Å². The molecule has 5 heteroatoms. The zero-order valence-corrected chi connectivity index (χ0v) is 12.4. The Morgan fingerprint density at radius 2 is 1.40 bits per heavy atom. The molecule has 0 aromatic rings. The van der Waals surface area contributed by atoms with Crippen LogP contribution in [-0.4, -0.2) is 8.42 Å². The Hall–Kier alpha value is -2.27. The molecular formula is C15H20N2O2S. The van der Waals surface area contributed by atoms with Crippen molar-refractivity contribution in [1.29, 1.82) is 0 Å². The van der Waals surface area contributed by atoms with E-state index < -0.39 is 9.84 Å². The van der Waals surface area contributed by atoms with Crippen LogP contribution in [0.1, 0.15) is 6.92 Å². The molecule has 0 aromatic heterocycles. The molecule has 0 rings (SSSR count). The van der Waals surface area contributed by atoms with E-state index in [4.69, 9.17) is 11.5 Å². The lowest BCUT2D eigenvalue weighted by Crippen LogP contribution is -2.05. The van der Waals surface area contributed by atoms with Crippen molar-refractivity contribution in [2.75, 3.05) is 0 Å². The lowest BCUT2D eigenvalue weighted by molar-refractivity contribution is 0.609. The SMILES string of the molecule is C=C/C=C(\C=C/C(=C)N)S(=O)(=O)C(/C=C\C(=C)N)=C/C. The molecule has 0 aliphatic rings. The third-order valence-corrected chi connectivity index (χ3v) is 4.00. The van der Waals surface area contributed by atoms with Crippen LogP contribution >= 0.6 is 0 Å². The summed E-state index contributed by atoms with van der Waals surface area (Å²) in [6.07, 6.45) is 9.82. The Bertz CT molecular complexity index is 618. The fourth-order valence-electron chi connectivity index (χ4n) is 1.21. The van der Waals surface area contributed by atoms with Crippen molar-refractivity contribution in [3.8, 4) is 0 Å². The van der Waals surface area contributed by atoms with Crippen molar-refractivity contribution in [3.63, 3.8) is 0 Å². The normalized spacial score (nSPS) is 13.8. The third kappa shape index (κ3) is 5.58. The first-order chi connectivity index (χ1) is 9.25. The van der Waals surface area contributed by atoms with E-state index in [1.54, 1.807) is 6.92 Å². The summed E-state index contributed by atoms with van der Waals surface area (Å²) < 4.78 is 24.9. The number of hydrogen-bond acceptors (Lipinski definition) is 4. The van der Waals surface area contributed by atoms with Gasteiger partial charge in [0.05, 0.1) is 9.81 Å². The van der Waals surface area contributed by atoms with Gasteiger partial charge in [0.1, 0.15) is 0 Å². The van der Waals surface area contributed by atoms with Gasteiger partial charge in [-0.2, -0.15) is 0 Å². The molecule has 20 heavy (non-hydrogen) atoms. The molecule has 0 unspecified atom stereocenters. The van der Waals surface area contributed by atoms with E-state index >= 15 is 0 Å². The highest BCUT2D eigenvalue weighted by atomic mass is 32.2. The van der Waals surface area contributed by atoms with Gasteiger partial charge < -0.3 is 11.5 Å². The predicted molar refractivity (Wildman–Crippen MR) is 85.9 cm³/mol. The van der Waals surface area contributed by atoms with Crippen LogP contribution in [0, 0.1) is 0 Å². The summed E-state index contributed by atoms with van der Waals surface area (Å²) in [5.41, 5.74) is 11.3. The van der Waals surface area contributed by atoms with Crippen molar-refractivity contribution < 1.29 is 8.42 Å². The van der Waals surface area contributed by atoms with Gasteiger partial charge in [-0.3, -0.25) is 0 Å². The molecule has 0 saturated carbocycles. The van der Waals surface area contributed by atoms with Crippen LogP contribution in [0.4, 0.5) is 0 Å². The topological polar surface area (TPSA) is 86.2 Å². The Labute approximate surface area is 120 Å². The standard InChI is InChI=1S/C15H20N2O2S/c1-5-7-15(11-9-13(4)17)20(18,19)14(6-2)10-8-12(3)16/h5-11H,1,3-4,16-17H2,2H3/b10-8-,11-9-,14-6+,15-7+. The van der Waals surface area contributed by atoms with E-state index in [-0.39, 0.29) is 21.2 Å². The maximum absolute atomic E-state index is 12.4. The van der Waals surface area contributed by atoms with Gasteiger partial charge >= 0.3 is 0 Å². The lowest BCUT2D eigenvalue weighted by Gasteiger charge is -2.06. The van der Waals surface area contributed by atoms with Crippen molar-refractivity contribution in [3.05, 3.63) is 83.5 Å². The first kappa shape index (κ1) is 17.7. The van der Waals surface area contributed by atoms with Gasteiger partial charge in [0.15, 0.2) is 0 Å². The summed E-state index contributed by atoms with van der Waals surface area (Å²) in [5, 5.41) is 0. The van der Waals surface area contributed by atoms with Crippen LogP contribution in [0.2, 0.25) is 0 Å². The van der Waals surface area contributed by atoms with Crippen LogP contribution in [0.3, 0.4) is 0 Å². The zero-order chi connectivity index (χ0) is 15.8. The van der Waals surface area contributed by atoms with Gasteiger partial charge in [-0.1, -0.05) is 31.9 Å². The number of rotatable bonds is 7. The van der Waals surface area contributed by atoms with Gasteiger partial charge in [0.2, 0.25) is 9.84 Å². The summed E-state index contributed by atoms with van der Waals surface area (Å²) in [4.78, 5) is 0.156. The van der Waals surface area contributed by atoms with Gasteiger partial charge in [0, 0.05) is 11.4 Å². The molecule has 0 aliphatic carbocycles. The minimum Gasteiger partial charge on any atom is -0.399 e. The Kier molecular flexibility index (Phi) is 7.10. The average Bonchev–Trinajstić information content (AvgIpc) is 2.34. The van der Waals surface area contributed by atoms with Crippen LogP contribution < -0.4 is 11.5 Å². The lowest BCUT2D eigenvalue weighted by atomic mass is 10.4. The predicted octanol–water partition coefficient (Wildman–Crippen LogP) is 2.43. The summed E-state index contributed by atoms with van der Waals surface area (Å²) in [6, 6.07) is 0. The number of sulfone groups is 1.